The summed E-state index contributed by atoms with van der Waals surface area (Å²) in [5, 5.41) is 10.7. The number of carbonyl (C=O) groups excluding carboxylic acids is 1. The Balaban J connectivity index is 1.55. The number of nitrogens with zero attached hydrogens (tertiary/aromatic N) is 3. The van der Waals surface area contributed by atoms with Gasteiger partial charge in [0.1, 0.15) is 12.3 Å². The first kappa shape index (κ1) is 20.8. The van der Waals surface area contributed by atoms with Crippen LogP contribution in [-0.4, -0.2) is 31.6 Å². The molecule has 7 nitrogen and oxygen atoms in total. The van der Waals surface area contributed by atoms with Crippen molar-refractivity contribution < 1.29 is 19.1 Å². The van der Waals surface area contributed by atoms with Crippen LogP contribution in [0.15, 0.2) is 93.5 Å². The topological polar surface area (TPSA) is 88.0 Å². The van der Waals surface area contributed by atoms with E-state index in [1.54, 1.807) is 34.1 Å². The number of hydrogen-bond acceptors (Lipinski definition) is 5. The van der Waals surface area contributed by atoms with E-state index >= 15 is 0 Å². The minimum Gasteiger partial charge on any atom is -0.480 e. The Hall–Kier alpha value is -4.04. The van der Waals surface area contributed by atoms with Crippen molar-refractivity contribution >= 4 is 51.5 Å². The van der Waals surface area contributed by atoms with Gasteiger partial charge >= 0.3 is 5.97 Å². The minimum absolute atomic E-state index is 0.157. The van der Waals surface area contributed by atoms with Crippen LogP contribution in [0.4, 0.5) is 5.69 Å². The van der Waals surface area contributed by atoms with Crippen molar-refractivity contribution in [3.63, 3.8) is 0 Å². The Morgan fingerprint density at radius 2 is 1.85 bits per heavy atom. The Morgan fingerprint density at radius 1 is 1.06 bits per heavy atom. The van der Waals surface area contributed by atoms with Gasteiger partial charge in [0.05, 0.1) is 23.4 Å². The molecule has 1 N–H and O–H groups in total. The summed E-state index contributed by atoms with van der Waals surface area (Å²) in [4.78, 5) is 31.5. The number of furan rings is 1. The molecule has 0 aliphatic carbocycles. The molecule has 1 amide bonds. The quantitative estimate of drug-likeness (QED) is 0.406. The zero-order valence-corrected chi connectivity index (χ0v) is 18.2. The summed E-state index contributed by atoms with van der Waals surface area (Å²) in [5.74, 6) is -0.451. The predicted molar refractivity (Wildman–Crippen MR) is 128 cm³/mol. The fourth-order valence-electron chi connectivity index (χ4n) is 3.71. The van der Waals surface area contributed by atoms with Crippen molar-refractivity contribution in [3.05, 3.63) is 95.4 Å². The fraction of sp³-hybridized carbons (Fsp3) is 0.0800. The van der Waals surface area contributed by atoms with Crippen molar-refractivity contribution in [2.75, 3.05) is 0 Å². The van der Waals surface area contributed by atoms with E-state index in [0.717, 1.165) is 22.2 Å². The SMILES string of the molecule is O=C(O)Cn1cc(/C=C2\SC(=Nc3ccccc3)N(Cc3ccco3)C2=O)c2ccccc21. The highest BCUT2D eigenvalue weighted by atomic mass is 32.2. The van der Waals surface area contributed by atoms with Crippen LogP contribution in [0, 0.1) is 0 Å². The molecular formula is C25H19N3O4S. The number of thioether (sulfide) groups is 1. The van der Waals surface area contributed by atoms with Gasteiger partial charge in [0.2, 0.25) is 0 Å². The number of amidine groups is 1. The van der Waals surface area contributed by atoms with Gasteiger partial charge in [0.25, 0.3) is 5.91 Å². The highest BCUT2D eigenvalue weighted by Gasteiger charge is 2.34. The Bertz CT molecular complexity index is 1390. The van der Waals surface area contributed by atoms with Crippen LogP contribution in [0.25, 0.3) is 17.0 Å². The molecule has 4 aromatic rings. The van der Waals surface area contributed by atoms with Crippen LogP contribution in [0.1, 0.15) is 11.3 Å². The van der Waals surface area contributed by atoms with Gasteiger partial charge in [0.15, 0.2) is 5.17 Å². The van der Waals surface area contributed by atoms with Gasteiger partial charge < -0.3 is 14.1 Å². The van der Waals surface area contributed by atoms with E-state index in [4.69, 9.17) is 4.42 Å². The number of carbonyl (C=O) groups is 2. The molecule has 1 fully saturated rings. The molecule has 8 heteroatoms. The number of carboxylic acid groups (broad SMARTS) is 1. The van der Waals surface area contributed by atoms with Crippen LogP contribution in [0.2, 0.25) is 0 Å². The largest absolute Gasteiger partial charge is 0.480 e. The number of benzene rings is 2. The molecule has 1 saturated heterocycles. The second-order valence-electron chi connectivity index (χ2n) is 7.43. The summed E-state index contributed by atoms with van der Waals surface area (Å²) < 4.78 is 7.13. The van der Waals surface area contributed by atoms with Crippen LogP contribution >= 0.6 is 11.8 Å². The molecule has 2 aromatic carbocycles. The maximum Gasteiger partial charge on any atom is 0.323 e. The fourth-order valence-corrected chi connectivity index (χ4v) is 4.70. The van der Waals surface area contributed by atoms with Crippen molar-refractivity contribution in [2.24, 2.45) is 4.99 Å². The van der Waals surface area contributed by atoms with E-state index in [9.17, 15) is 14.7 Å². The van der Waals surface area contributed by atoms with Crippen molar-refractivity contribution in [1.82, 2.24) is 9.47 Å². The second kappa shape index (κ2) is 8.84. The molecule has 5 rings (SSSR count). The van der Waals surface area contributed by atoms with Gasteiger partial charge in [-0.25, -0.2) is 4.99 Å². The van der Waals surface area contributed by atoms with Crippen molar-refractivity contribution in [1.29, 1.82) is 0 Å². The number of carboxylic acids is 1. The lowest BCUT2D eigenvalue weighted by Crippen LogP contribution is -2.28. The molecule has 0 unspecified atom stereocenters. The number of rotatable bonds is 6. The molecule has 0 bridgehead atoms. The van der Waals surface area contributed by atoms with Gasteiger partial charge in [-0.3, -0.25) is 14.5 Å². The highest BCUT2D eigenvalue weighted by molar-refractivity contribution is 8.18. The molecule has 1 aliphatic rings. The summed E-state index contributed by atoms with van der Waals surface area (Å²) in [7, 11) is 0. The van der Waals surface area contributed by atoms with E-state index < -0.39 is 5.97 Å². The molecule has 0 atom stereocenters. The summed E-state index contributed by atoms with van der Waals surface area (Å²) in [5.41, 5.74) is 2.32. The Morgan fingerprint density at radius 3 is 2.61 bits per heavy atom. The Kier molecular flexibility index (Phi) is 5.58. The van der Waals surface area contributed by atoms with Gasteiger partial charge in [-0.2, -0.15) is 0 Å². The van der Waals surface area contributed by atoms with Gasteiger partial charge in [-0.15, -0.1) is 0 Å². The molecular weight excluding hydrogens is 438 g/mol. The number of aromatic nitrogens is 1. The third kappa shape index (κ3) is 4.33. The maximum atomic E-state index is 13.4. The van der Waals surface area contributed by atoms with E-state index in [0.29, 0.717) is 15.8 Å². The smallest absolute Gasteiger partial charge is 0.323 e. The Labute approximate surface area is 193 Å². The first-order chi connectivity index (χ1) is 16.1. The molecule has 2 aromatic heterocycles. The lowest BCUT2D eigenvalue weighted by Gasteiger charge is -2.13. The molecule has 164 valence electrons. The second-order valence-corrected chi connectivity index (χ2v) is 8.44. The number of para-hydroxylation sites is 2. The normalized spacial score (nSPS) is 16.4. The summed E-state index contributed by atoms with van der Waals surface area (Å²) in [6, 6.07) is 20.6. The molecule has 0 spiro atoms. The van der Waals surface area contributed by atoms with E-state index in [-0.39, 0.29) is 19.0 Å². The standard InChI is InChI=1S/C25H19N3O4S/c29-23(30)16-27-14-17(20-10-4-5-11-21(20)27)13-22-24(31)28(15-19-9-6-12-32-19)25(33-22)26-18-7-2-1-3-8-18/h1-14H,15-16H2,(H,29,30)/b22-13-,26-25?. The average molecular weight is 458 g/mol. The first-order valence-corrected chi connectivity index (χ1v) is 11.1. The zero-order valence-electron chi connectivity index (χ0n) is 17.4. The maximum absolute atomic E-state index is 13.4. The monoisotopic (exact) mass is 457 g/mol. The third-order valence-electron chi connectivity index (χ3n) is 5.17. The summed E-state index contributed by atoms with van der Waals surface area (Å²) >= 11 is 1.29. The number of aliphatic imine (C=N–C) groups is 1. The summed E-state index contributed by atoms with van der Waals surface area (Å²) in [6.07, 6.45) is 5.14. The highest BCUT2D eigenvalue weighted by Crippen LogP contribution is 2.36. The lowest BCUT2D eigenvalue weighted by atomic mass is 10.1. The van der Waals surface area contributed by atoms with Crippen LogP contribution in [0.3, 0.4) is 0 Å². The van der Waals surface area contributed by atoms with E-state index in [1.807, 2.05) is 60.7 Å². The molecule has 33 heavy (non-hydrogen) atoms. The van der Waals surface area contributed by atoms with Crippen molar-refractivity contribution in [3.8, 4) is 0 Å². The van der Waals surface area contributed by atoms with E-state index in [1.165, 1.54) is 11.8 Å². The molecule has 1 aliphatic heterocycles. The van der Waals surface area contributed by atoms with Gasteiger partial charge in [-0.1, -0.05) is 36.4 Å². The van der Waals surface area contributed by atoms with Crippen molar-refractivity contribution in [2.45, 2.75) is 13.1 Å². The van der Waals surface area contributed by atoms with Crippen LogP contribution in [-0.2, 0) is 22.7 Å². The molecule has 3 heterocycles. The number of aliphatic carboxylic acids is 1. The predicted octanol–water partition coefficient (Wildman–Crippen LogP) is 5.12. The van der Waals surface area contributed by atoms with Crippen LogP contribution < -0.4 is 0 Å². The number of fused-ring (bicyclic) bond motifs is 1. The van der Waals surface area contributed by atoms with Gasteiger partial charge in [0, 0.05) is 22.7 Å². The average Bonchev–Trinajstić information content (AvgIpc) is 3.51. The molecule has 0 radical (unpaired) electrons. The third-order valence-corrected chi connectivity index (χ3v) is 6.18. The molecule has 0 saturated carbocycles. The summed E-state index contributed by atoms with van der Waals surface area (Å²) in [6.45, 7) is 0.110. The zero-order chi connectivity index (χ0) is 22.8. The number of amides is 1. The first-order valence-electron chi connectivity index (χ1n) is 10.3. The minimum atomic E-state index is -0.928. The van der Waals surface area contributed by atoms with E-state index in [2.05, 4.69) is 4.99 Å². The van der Waals surface area contributed by atoms with Gasteiger partial charge in [-0.05, 0) is 48.2 Å². The number of hydrogen-bond donors (Lipinski definition) is 1. The van der Waals surface area contributed by atoms with Crippen LogP contribution in [0.5, 0.6) is 0 Å². The lowest BCUT2D eigenvalue weighted by molar-refractivity contribution is -0.137.